The molecule has 2 unspecified atom stereocenters. The molecule has 2 heterocycles. The first-order valence-electron chi connectivity index (χ1n) is 3.17. The summed E-state index contributed by atoms with van der Waals surface area (Å²) < 4.78 is 0. The van der Waals surface area contributed by atoms with E-state index in [9.17, 15) is 0 Å². The van der Waals surface area contributed by atoms with Crippen LogP contribution >= 0.6 is 0 Å². The van der Waals surface area contributed by atoms with Crippen molar-refractivity contribution in [3.63, 3.8) is 0 Å². The van der Waals surface area contributed by atoms with Crippen molar-refractivity contribution in [2.75, 3.05) is 13.2 Å². The van der Waals surface area contributed by atoms with Crippen LogP contribution in [0.25, 0.3) is 0 Å². The second-order valence-corrected chi connectivity index (χ2v) is 1.95. The lowest BCUT2D eigenvalue weighted by molar-refractivity contribution is -0.529. The van der Waals surface area contributed by atoms with Gasteiger partial charge in [0.15, 0.2) is 0 Å². The molecule has 2 aliphatic rings. The first-order valence-corrected chi connectivity index (χ1v) is 3.17. The first kappa shape index (κ1) is 8.29. The van der Waals surface area contributed by atoms with E-state index in [2.05, 4.69) is 39.4 Å². The quantitative estimate of drug-likeness (QED) is 0.422. The fourth-order valence-corrected chi connectivity index (χ4v) is 0.577. The lowest BCUT2D eigenvalue weighted by Gasteiger charge is -2.07. The maximum Gasteiger partial charge on any atom is 0.253 e. The summed E-state index contributed by atoms with van der Waals surface area (Å²) >= 11 is 0. The van der Waals surface area contributed by atoms with Crippen molar-refractivity contribution < 1.29 is 39.4 Å². The van der Waals surface area contributed by atoms with Crippen molar-refractivity contribution in [2.45, 2.75) is 12.6 Å². The zero-order valence-electron chi connectivity index (χ0n) is 5.83. The maximum atomic E-state index is 4.63. The molecule has 70 valence electrons. The van der Waals surface area contributed by atoms with Gasteiger partial charge in [0.1, 0.15) is 13.2 Å². The minimum absolute atomic E-state index is 0.119. The first-order chi connectivity index (χ1) is 5.95. The Hall–Kier alpha value is -0.320. The van der Waals surface area contributed by atoms with Crippen molar-refractivity contribution in [3.05, 3.63) is 0 Å². The molecule has 2 rings (SSSR count). The van der Waals surface area contributed by atoms with Gasteiger partial charge in [0.2, 0.25) is 0 Å². The fourth-order valence-electron chi connectivity index (χ4n) is 0.577. The Bertz CT molecular complexity index is 111. The van der Waals surface area contributed by atoms with Crippen LogP contribution in [0, 0.1) is 0 Å². The van der Waals surface area contributed by atoms with E-state index in [1.165, 1.54) is 0 Å². The van der Waals surface area contributed by atoms with Gasteiger partial charge in [-0.3, -0.25) is 0 Å². The van der Waals surface area contributed by atoms with Gasteiger partial charge in [-0.2, -0.15) is 19.6 Å². The molecular formula is C4H6O8. The summed E-state index contributed by atoms with van der Waals surface area (Å²) in [5.74, 6) is 0. The SMILES string of the molecule is C1OOOC1OOC1COOO1. The Balaban J connectivity index is 1.60. The zero-order chi connectivity index (χ0) is 8.23. The van der Waals surface area contributed by atoms with Crippen molar-refractivity contribution in [1.29, 1.82) is 0 Å². The molecule has 2 saturated heterocycles. The van der Waals surface area contributed by atoms with E-state index in [1.807, 2.05) is 0 Å². The highest BCUT2D eigenvalue weighted by molar-refractivity contribution is 4.36. The molecule has 0 N–H and O–H groups in total. The van der Waals surface area contributed by atoms with Crippen LogP contribution in [-0.4, -0.2) is 25.8 Å². The Kier molecular flexibility index (Phi) is 2.81. The van der Waals surface area contributed by atoms with Gasteiger partial charge in [0.05, 0.1) is 0 Å². The smallest absolute Gasteiger partial charge is 0.200 e. The van der Waals surface area contributed by atoms with E-state index in [-0.39, 0.29) is 13.2 Å². The largest absolute Gasteiger partial charge is 0.253 e. The summed E-state index contributed by atoms with van der Waals surface area (Å²) in [6.07, 6.45) is -1.46. The van der Waals surface area contributed by atoms with E-state index in [0.717, 1.165) is 0 Å². The third-order valence-corrected chi connectivity index (χ3v) is 1.07. The van der Waals surface area contributed by atoms with E-state index in [0.29, 0.717) is 0 Å². The van der Waals surface area contributed by atoms with Crippen LogP contribution in [0.3, 0.4) is 0 Å². The molecule has 0 amide bonds. The fraction of sp³-hybridized carbons (Fsp3) is 1.00. The summed E-state index contributed by atoms with van der Waals surface area (Å²) in [6, 6.07) is 0. The topological polar surface area (TPSA) is 73.8 Å². The molecule has 0 radical (unpaired) electrons. The van der Waals surface area contributed by atoms with Gasteiger partial charge in [-0.1, -0.05) is 10.1 Å². The van der Waals surface area contributed by atoms with Crippen LogP contribution in [0.2, 0.25) is 0 Å². The van der Waals surface area contributed by atoms with Gasteiger partial charge in [-0.25, -0.2) is 9.78 Å². The molecule has 0 spiro atoms. The van der Waals surface area contributed by atoms with Crippen LogP contribution in [0.5, 0.6) is 0 Å². The van der Waals surface area contributed by atoms with E-state index >= 15 is 0 Å². The summed E-state index contributed by atoms with van der Waals surface area (Å²) in [5, 5.41) is 8.13. The van der Waals surface area contributed by atoms with Crippen molar-refractivity contribution >= 4 is 0 Å². The van der Waals surface area contributed by atoms with Crippen LogP contribution in [0.15, 0.2) is 0 Å². The van der Waals surface area contributed by atoms with Gasteiger partial charge in [-0.15, -0.1) is 0 Å². The normalized spacial score (nSPS) is 36.0. The second kappa shape index (κ2) is 4.07. The standard InChI is InChI=1S/C4H6O8/c1-3(9-11-5-1)7-8-4-2-6-12-10-4/h3-4H,1-2H2. The average molecular weight is 182 g/mol. The zero-order valence-corrected chi connectivity index (χ0v) is 5.83. The number of hydrogen-bond acceptors (Lipinski definition) is 8. The highest BCUT2D eigenvalue weighted by atomic mass is 17.6. The van der Waals surface area contributed by atoms with Crippen LogP contribution in [0.4, 0.5) is 0 Å². The van der Waals surface area contributed by atoms with Crippen molar-refractivity contribution in [2.24, 2.45) is 0 Å². The van der Waals surface area contributed by atoms with Crippen LogP contribution in [0.1, 0.15) is 0 Å². The van der Waals surface area contributed by atoms with Gasteiger partial charge < -0.3 is 0 Å². The Morgan fingerprint density at radius 2 is 1.33 bits per heavy atom. The lowest BCUT2D eigenvalue weighted by Crippen LogP contribution is -2.21. The molecule has 0 saturated carbocycles. The molecule has 8 heteroatoms. The second-order valence-electron chi connectivity index (χ2n) is 1.95. The average Bonchev–Trinajstić information content (AvgIpc) is 2.74. The summed E-state index contributed by atoms with van der Waals surface area (Å²) in [4.78, 5) is 26.8. The molecular weight excluding hydrogens is 176 g/mol. The minimum atomic E-state index is -0.728. The molecule has 0 aromatic carbocycles. The number of hydrogen-bond donors (Lipinski definition) is 0. The van der Waals surface area contributed by atoms with Gasteiger partial charge in [0, 0.05) is 0 Å². The molecule has 0 aliphatic carbocycles. The van der Waals surface area contributed by atoms with E-state index < -0.39 is 12.6 Å². The highest BCUT2D eigenvalue weighted by Crippen LogP contribution is 2.11. The van der Waals surface area contributed by atoms with Gasteiger partial charge in [0.25, 0.3) is 12.6 Å². The van der Waals surface area contributed by atoms with E-state index in [4.69, 9.17) is 0 Å². The molecule has 2 fully saturated rings. The van der Waals surface area contributed by atoms with Crippen molar-refractivity contribution in [1.82, 2.24) is 0 Å². The molecule has 0 aromatic rings. The molecule has 8 nitrogen and oxygen atoms in total. The summed E-state index contributed by atoms with van der Waals surface area (Å²) in [7, 11) is 0. The van der Waals surface area contributed by atoms with Gasteiger partial charge >= 0.3 is 0 Å². The predicted octanol–water partition coefficient (Wildman–Crippen LogP) is -0.626. The summed E-state index contributed by atoms with van der Waals surface area (Å²) in [5.41, 5.74) is 0. The third-order valence-electron chi connectivity index (χ3n) is 1.07. The predicted molar refractivity (Wildman–Crippen MR) is 26.0 cm³/mol. The van der Waals surface area contributed by atoms with Crippen LogP contribution in [-0.2, 0) is 39.4 Å². The monoisotopic (exact) mass is 182 g/mol. The Morgan fingerprint density at radius 1 is 0.833 bits per heavy atom. The molecule has 0 bridgehead atoms. The highest BCUT2D eigenvalue weighted by Gasteiger charge is 2.26. The molecule has 2 aliphatic heterocycles. The van der Waals surface area contributed by atoms with E-state index in [1.54, 1.807) is 0 Å². The Morgan fingerprint density at radius 3 is 1.67 bits per heavy atom. The molecule has 2 atom stereocenters. The Labute approximate surface area is 66.4 Å². The maximum absolute atomic E-state index is 4.63. The van der Waals surface area contributed by atoms with Crippen LogP contribution < -0.4 is 0 Å². The van der Waals surface area contributed by atoms with Gasteiger partial charge in [-0.05, 0) is 0 Å². The summed E-state index contributed by atoms with van der Waals surface area (Å²) in [6.45, 7) is 0.239. The third kappa shape index (κ3) is 2.09. The molecule has 12 heavy (non-hydrogen) atoms. The van der Waals surface area contributed by atoms with Crippen molar-refractivity contribution in [3.8, 4) is 0 Å². The molecule has 0 aromatic heterocycles. The lowest BCUT2D eigenvalue weighted by atomic mass is 10.7. The number of rotatable bonds is 3. The minimum Gasteiger partial charge on any atom is -0.200 e.